The van der Waals surface area contributed by atoms with Crippen molar-refractivity contribution in [2.24, 2.45) is 0 Å². The van der Waals surface area contributed by atoms with Gasteiger partial charge < -0.3 is 24.8 Å². The van der Waals surface area contributed by atoms with Crippen LogP contribution in [0, 0.1) is 0 Å². The van der Waals surface area contributed by atoms with Gasteiger partial charge in [-0.05, 0) is 0 Å². The van der Waals surface area contributed by atoms with Crippen LogP contribution in [-0.2, 0) is 20.3 Å². The Morgan fingerprint density at radius 1 is 0.640 bits per heavy atom. The zero-order chi connectivity index (χ0) is 15.3. The van der Waals surface area contributed by atoms with Crippen LogP contribution in [0.25, 0.3) is 0 Å². The minimum Gasteiger partial charge on any atom is -1.00 e. The van der Waals surface area contributed by atoms with E-state index in [2.05, 4.69) is 72.9 Å². The van der Waals surface area contributed by atoms with Gasteiger partial charge in [-0.25, -0.2) is 0 Å². The molecule has 0 N–H and O–H groups in total. The molecule has 0 spiro atoms. The Balaban J connectivity index is 0.000000911. The Bertz CT molecular complexity index is 734. The van der Waals surface area contributed by atoms with E-state index in [1.54, 1.807) is 30.5 Å². The first-order chi connectivity index (χ1) is 11.4. The first-order valence-corrected chi connectivity index (χ1v) is 15.2. The van der Waals surface area contributed by atoms with Crippen molar-refractivity contribution in [1.82, 2.24) is 0 Å². The van der Waals surface area contributed by atoms with Crippen LogP contribution < -0.4 is 24.8 Å². The summed E-state index contributed by atoms with van der Waals surface area (Å²) in [6.07, 6.45) is 30.7. The number of allylic oxidation sites excluding steroid dienone is 16. The molecule has 0 amide bonds. The minimum atomic E-state index is -2.17. The quantitative estimate of drug-likeness (QED) is 0.572. The third-order valence-corrected chi connectivity index (χ3v) is 18.8. The normalized spacial score (nSPS) is 28.5. The maximum absolute atomic E-state index is 2.59. The molecule has 1 saturated heterocycles. The SMILES string of the molecule is C1=CCC2=C(C=C1)[CH]([Zr+2]1([CH]3C=CC4=C3C=CC=CC4)[CH2][CH2]1)C=C2.[Cl-].[Cl-]. The van der Waals surface area contributed by atoms with Gasteiger partial charge in [0.2, 0.25) is 0 Å². The van der Waals surface area contributed by atoms with E-state index in [1.807, 2.05) is 0 Å². The van der Waals surface area contributed by atoms with Crippen LogP contribution in [0.15, 0.2) is 95.2 Å². The van der Waals surface area contributed by atoms with Gasteiger partial charge in [0, 0.05) is 0 Å². The van der Waals surface area contributed by atoms with Crippen molar-refractivity contribution in [2.75, 3.05) is 0 Å². The van der Waals surface area contributed by atoms with Crippen molar-refractivity contribution in [3.05, 3.63) is 95.2 Å². The van der Waals surface area contributed by atoms with Gasteiger partial charge in [0.1, 0.15) is 0 Å². The molecule has 128 valence electrons. The second kappa shape index (κ2) is 7.55. The summed E-state index contributed by atoms with van der Waals surface area (Å²) < 4.78 is 4.74. The monoisotopic (exact) mass is 446 g/mol. The molecule has 0 saturated carbocycles. The minimum absolute atomic E-state index is 0. The van der Waals surface area contributed by atoms with Crippen LogP contribution in [-0.4, -0.2) is 0 Å². The maximum atomic E-state index is 2.59. The Hall–Kier alpha value is -0.617. The average molecular weight is 449 g/mol. The number of halogens is 2. The summed E-state index contributed by atoms with van der Waals surface area (Å²) in [5.41, 5.74) is 6.50. The van der Waals surface area contributed by atoms with Crippen molar-refractivity contribution in [2.45, 2.75) is 28.4 Å². The van der Waals surface area contributed by atoms with Crippen molar-refractivity contribution in [3.8, 4) is 0 Å². The summed E-state index contributed by atoms with van der Waals surface area (Å²) in [6.45, 7) is 0. The largest absolute Gasteiger partial charge is 1.00 e. The molecular formula is C22H22Cl2Zr. The van der Waals surface area contributed by atoms with Gasteiger partial charge in [0.15, 0.2) is 0 Å². The molecule has 3 heteroatoms. The molecule has 0 aromatic carbocycles. The van der Waals surface area contributed by atoms with Crippen molar-refractivity contribution >= 4 is 0 Å². The molecule has 5 aliphatic rings. The van der Waals surface area contributed by atoms with Crippen LogP contribution in [0.2, 0.25) is 15.5 Å². The first kappa shape index (κ1) is 19.2. The summed E-state index contributed by atoms with van der Waals surface area (Å²) in [5.74, 6) is 0. The summed E-state index contributed by atoms with van der Waals surface area (Å²) in [4.78, 5) is 0. The van der Waals surface area contributed by atoms with E-state index in [0.29, 0.717) is 0 Å². The topological polar surface area (TPSA) is 0 Å². The third kappa shape index (κ3) is 3.14. The van der Waals surface area contributed by atoms with E-state index >= 15 is 0 Å². The smallest absolute Gasteiger partial charge is 1.00 e. The van der Waals surface area contributed by atoms with E-state index in [9.17, 15) is 0 Å². The van der Waals surface area contributed by atoms with Gasteiger partial charge in [-0.2, -0.15) is 0 Å². The average Bonchev–Trinajstić information content (AvgIpc) is 3.27. The van der Waals surface area contributed by atoms with Crippen LogP contribution in [0.4, 0.5) is 0 Å². The summed E-state index contributed by atoms with van der Waals surface area (Å²) in [6, 6.07) is 0. The second-order valence-corrected chi connectivity index (χ2v) is 18.9. The van der Waals surface area contributed by atoms with Crippen LogP contribution >= 0.6 is 0 Å². The van der Waals surface area contributed by atoms with E-state index in [-0.39, 0.29) is 24.8 Å². The Labute approximate surface area is 167 Å². The van der Waals surface area contributed by atoms with Crippen molar-refractivity contribution in [1.29, 1.82) is 0 Å². The fraction of sp³-hybridized carbons (Fsp3) is 0.273. The molecule has 2 atom stereocenters. The molecule has 0 bridgehead atoms. The Morgan fingerprint density at radius 2 is 1.12 bits per heavy atom. The second-order valence-electron chi connectivity index (χ2n) is 7.35. The molecule has 0 aromatic rings. The predicted molar refractivity (Wildman–Crippen MR) is 95.2 cm³/mol. The van der Waals surface area contributed by atoms with Gasteiger partial charge in [-0.3, -0.25) is 0 Å². The van der Waals surface area contributed by atoms with Gasteiger partial charge in [-0.15, -0.1) is 0 Å². The van der Waals surface area contributed by atoms with E-state index in [0.717, 1.165) is 20.1 Å². The van der Waals surface area contributed by atoms with Gasteiger partial charge in [0.25, 0.3) is 0 Å². The molecule has 25 heavy (non-hydrogen) atoms. The number of hydrogen-bond acceptors (Lipinski definition) is 0. The van der Waals surface area contributed by atoms with Gasteiger partial charge in [-0.1, -0.05) is 0 Å². The summed E-state index contributed by atoms with van der Waals surface area (Å²) >= 11 is -2.17. The Morgan fingerprint density at radius 3 is 1.56 bits per heavy atom. The standard InChI is InChI=1S/2C10H9.C2H4.2ClH.Zr/c2*1-2-5-9-7-4-8-10(9)6-3-1;1-2;;;/h2*1-5,7-8H,6H2;1-2H2;2*1H;/q;;;;;+2/p-2. The Kier molecular flexibility index (Phi) is 5.79. The molecule has 4 aliphatic carbocycles. The van der Waals surface area contributed by atoms with E-state index in [1.165, 1.54) is 0 Å². The van der Waals surface area contributed by atoms with Crippen LogP contribution in [0.5, 0.6) is 0 Å². The molecule has 0 radical (unpaired) electrons. The number of rotatable bonds is 2. The van der Waals surface area contributed by atoms with Crippen LogP contribution in [0.1, 0.15) is 12.8 Å². The molecule has 2 unspecified atom stereocenters. The number of hydrogen-bond donors (Lipinski definition) is 0. The van der Waals surface area contributed by atoms with Gasteiger partial charge >= 0.3 is 144 Å². The van der Waals surface area contributed by atoms with Gasteiger partial charge in [0.05, 0.1) is 0 Å². The molecule has 1 fully saturated rings. The van der Waals surface area contributed by atoms with E-state index in [4.69, 9.17) is 0 Å². The maximum Gasteiger partial charge on any atom is -1.00 e. The molecule has 0 aromatic heterocycles. The van der Waals surface area contributed by atoms with E-state index < -0.39 is 20.3 Å². The summed E-state index contributed by atoms with van der Waals surface area (Å²) in [7, 11) is 0. The fourth-order valence-electron chi connectivity index (χ4n) is 4.85. The first-order valence-electron chi connectivity index (χ1n) is 8.87. The third-order valence-electron chi connectivity index (χ3n) is 6.18. The molecular weight excluding hydrogens is 426 g/mol. The molecule has 0 nitrogen and oxygen atoms in total. The predicted octanol–water partition coefficient (Wildman–Crippen LogP) is 0.340. The fourth-order valence-corrected chi connectivity index (χ4v) is 20.5. The zero-order valence-corrected chi connectivity index (χ0v) is 18.1. The molecule has 1 aliphatic heterocycles. The zero-order valence-electron chi connectivity index (χ0n) is 14.2. The molecule has 5 rings (SSSR count). The van der Waals surface area contributed by atoms with Crippen molar-refractivity contribution < 1.29 is 45.1 Å². The van der Waals surface area contributed by atoms with Crippen LogP contribution in [0.3, 0.4) is 0 Å². The molecule has 1 heterocycles. The van der Waals surface area contributed by atoms with Crippen molar-refractivity contribution in [3.63, 3.8) is 0 Å². The summed E-state index contributed by atoms with van der Waals surface area (Å²) in [5, 5.41) is 0.